The maximum absolute atomic E-state index is 4.44. The average Bonchev–Trinajstić information content (AvgIpc) is 3.17. The highest BCUT2D eigenvalue weighted by atomic mass is 127. The van der Waals surface area contributed by atoms with Crippen LogP contribution in [0.25, 0.3) is 5.69 Å². The van der Waals surface area contributed by atoms with Crippen molar-refractivity contribution in [2.45, 2.75) is 38.5 Å². The van der Waals surface area contributed by atoms with Crippen molar-refractivity contribution in [2.24, 2.45) is 4.99 Å². The highest BCUT2D eigenvalue weighted by molar-refractivity contribution is 14.0. The number of hydrogen-bond acceptors (Lipinski definition) is 2. The van der Waals surface area contributed by atoms with E-state index in [0.29, 0.717) is 0 Å². The van der Waals surface area contributed by atoms with Crippen molar-refractivity contribution in [3.8, 4) is 5.69 Å². The van der Waals surface area contributed by atoms with Gasteiger partial charge in [0, 0.05) is 26.3 Å². The maximum Gasteiger partial charge on any atom is 0.190 e. The van der Waals surface area contributed by atoms with Crippen LogP contribution in [0.1, 0.15) is 37.7 Å². The molecule has 0 aliphatic heterocycles. The van der Waals surface area contributed by atoms with Crippen molar-refractivity contribution in [2.75, 3.05) is 20.1 Å². The molecule has 0 unspecified atom stereocenters. The summed E-state index contributed by atoms with van der Waals surface area (Å²) in [7, 11) is 1.82. The Morgan fingerprint density at radius 1 is 1.11 bits per heavy atom. The summed E-state index contributed by atoms with van der Waals surface area (Å²) in [5, 5.41) is 11.2. The van der Waals surface area contributed by atoms with E-state index in [9.17, 15) is 0 Å². The van der Waals surface area contributed by atoms with E-state index < -0.39 is 0 Å². The van der Waals surface area contributed by atoms with Gasteiger partial charge in [0.1, 0.15) is 0 Å². The number of para-hydroxylation sites is 1. The van der Waals surface area contributed by atoms with Gasteiger partial charge in [-0.25, -0.2) is 4.68 Å². The molecule has 0 atom stereocenters. The minimum absolute atomic E-state index is 0. The van der Waals surface area contributed by atoms with Crippen molar-refractivity contribution in [3.05, 3.63) is 59.9 Å². The molecule has 2 aromatic rings. The molecule has 0 bridgehead atoms. The zero-order valence-electron chi connectivity index (χ0n) is 16.0. The van der Waals surface area contributed by atoms with Gasteiger partial charge in [-0.1, -0.05) is 29.8 Å². The molecule has 146 valence electrons. The molecule has 27 heavy (non-hydrogen) atoms. The van der Waals surface area contributed by atoms with E-state index in [2.05, 4.69) is 45.1 Å². The first-order valence-corrected chi connectivity index (χ1v) is 9.56. The first-order valence-electron chi connectivity index (χ1n) is 9.56. The number of nitrogens with one attached hydrogen (secondary N) is 2. The van der Waals surface area contributed by atoms with Crippen LogP contribution in [0.4, 0.5) is 0 Å². The average molecular weight is 479 g/mol. The second kappa shape index (κ2) is 11.8. The van der Waals surface area contributed by atoms with Gasteiger partial charge >= 0.3 is 0 Å². The van der Waals surface area contributed by atoms with Crippen LogP contribution >= 0.6 is 24.0 Å². The molecule has 0 radical (unpaired) electrons. The number of aliphatic imine (C=N–C) groups is 1. The molecule has 3 rings (SSSR count). The lowest BCUT2D eigenvalue weighted by Crippen LogP contribution is -2.38. The predicted molar refractivity (Wildman–Crippen MR) is 123 cm³/mol. The summed E-state index contributed by atoms with van der Waals surface area (Å²) in [6.45, 7) is 1.78. The lowest BCUT2D eigenvalue weighted by Gasteiger charge is -2.15. The van der Waals surface area contributed by atoms with Crippen LogP contribution in [0, 0.1) is 0 Å². The van der Waals surface area contributed by atoms with Crippen LogP contribution in [-0.4, -0.2) is 35.9 Å². The standard InChI is InChI=1S/C21H29N5.HI/c1-22-21(23-14-12-18-8-4-2-5-9-18)24-15-13-19-16-25-26(17-19)20-10-6-3-7-11-20;/h3,6-8,10-11,16-17H,2,4-5,9,12-15H2,1H3,(H2,22,23,24);1H. The van der Waals surface area contributed by atoms with Crippen molar-refractivity contribution in [1.29, 1.82) is 0 Å². The van der Waals surface area contributed by atoms with Gasteiger partial charge in [0.05, 0.1) is 11.9 Å². The number of aromatic nitrogens is 2. The molecule has 0 saturated heterocycles. The third-order valence-electron chi connectivity index (χ3n) is 4.71. The molecule has 0 fully saturated rings. The fraction of sp³-hybridized carbons (Fsp3) is 0.429. The second-order valence-electron chi connectivity index (χ2n) is 6.66. The zero-order valence-corrected chi connectivity index (χ0v) is 18.4. The summed E-state index contributed by atoms with van der Waals surface area (Å²) >= 11 is 0. The van der Waals surface area contributed by atoms with Gasteiger partial charge in [0.2, 0.25) is 0 Å². The molecule has 2 N–H and O–H groups in total. The van der Waals surface area contributed by atoms with Gasteiger partial charge in [0.15, 0.2) is 5.96 Å². The molecule has 5 nitrogen and oxygen atoms in total. The van der Waals surface area contributed by atoms with E-state index in [1.54, 1.807) is 5.57 Å². The van der Waals surface area contributed by atoms with Gasteiger partial charge in [-0.2, -0.15) is 5.10 Å². The van der Waals surface area contributed by atoms with Crippen LogP contribution in [-0.2, 0) is 6.42 Å². The number of hydrogen-bond donors (Lipinski definition) is 2. The molecular weight excluding hydrogens is 449 g/mol. The Kier molecular flexibility index (Phi) is 9.38. The van der Waals surface area contributed by atoms with Crippen LogP contribution < -0.4 is 10.6 Å². The molecule has 0 saturated carbocycles. The van der Waals surface area contributed by atoms with Crippen molar-refractivity contribution < 1.29 is 0 Å². The van der Waals surface area contributed by atoms with Crippen molar-refractivity contribution in [1.82, 2.24) is 20.4 Å². The molecular formula is C21H30IN5. The van der Waals surface area contributed by atoms with Gasteiger partial charge in [0.25, 0.3) is 0 Å². The number of allylic oxidation sites excluding steroid dienone is 1. The van der Waals surface area contributed by atoms with Crippen LogP contribution in [0.2, 0.25) is 0 Å². The summed E-state index contributed by atoms with van der Waals surface area (Å²) in [4.78, 5) is 4.31. The van der Waals surface area contributed by atoms with E-state index in [4.69, 9.17) is 0 Å². The molecule has 1 aliphatic carbocycles. The summed E-state index contributed by atoms with van der Waals surface area (Å²) in [5.74, 6) is 0.872. The topological polar surface area (TPSA) is 54.2 Å². The normalized spacial score (nSPS) is 14.3. The summed E-state index contributed by atoms with van der Waals surface area (Å²) < 4.78 is 1.92. The Morgan fingerprint density at radius 3 is 2.59 bits per heavy atom. The highest BCUT2D eigenvalue weighted by Gasteiger charge is 2.05. The van der Waals surface area contributed by atoms with E-state index >= 15 is 0 Å². The molecule has 1 heterocycles. The Labute approximate surface area is 179 Å². The number of halogens is 1. The quantitative estimate of drug-likeness (QED) is 0.272. The van der Waals surface area contributed by atoms with Crippen molar-refractivity contribution in [3.63, 3.8) is 0 Å². The van der Waals surface area contributed by atoms with E-state index in [1.165, 1.54) is 31.2 Å². The first kappa shape index (κ1) is 21.5. The van der Waals surface area contributed by atoms with Crippen LogP contribution in [0.3, 0.4) is 0 Å². The van der Waals surface area contributed by atoms with Crippen LogP contribution in [0.5, 0.6) is 0 Å². The summed E-state index contributed by atoms with van der Waals surface area (Å²) in [6.07, 6.45) is 13.7. The zero-order chi connectivity index (χ0) is 18.0. The Morgan fingerprint density at radius 2 is 1.89 bits per heavy atom. The molecule has 1 aromatic heterocycles. The van der Waals surface area contributed by atoms with E-state index in [-0.39, 0.29) is 24.0 Å². The minimum atomic E-state index is 0. The van der Waals surface area contributed by atoms with E-state index in [1.807, 2.05) is 36.1 Å². The molecule has 0 spiro atoms. The molecule has 6 heteroatoms. The smallest absolute Gasteiger partial charge is 0.190 e. The number of benzene rings is 1. The Bertz CT molecular complexity index is 736. The Balaban J connectivity index is 0.00000261. The molecule has 0 amide bonds. The van der Waals surface area contributed by atoms with Crippen LogP contribution in [0.15, 0.2) is 59.4 Å². The van der Waals surface area contributed by atoms with Gasteiger partial charge in [-0.05, 0) is 56.2 Å². The SMILES string of the molecule is CN=C(NCCC1=CCCCC1)NCCc1cnn(-c2ccccc2)c1.I. The summed E-state index contributed by atoms with van der Waals surface area (Å²) in [5.41, 5.74) is 3.89. The fourth-order valence-corrected chi connectivity index (χ4v) is 3.23. The molecule has 1 aliphatic rings. The number of nitrogens with zero attached hydrogens (tertiary/aromatic N) is 3. The van der Waals surface area contributed by atoms with Gasteiger partial charge in [-0.3, -0.25) is 4.99 Å². The van der Waals surface area contributed by atoms with Gasteiger partial charge in [-0.15, -0.1) is 24.0 Å². The highest BCUT2D eigenvalue weighted by Crippen LogP contribution is 2.19. The lowest BCUT2D eigenvalue weighted by molar-refractivity contribution is 0.665. The third-order valence-corrected chi connectivity index (χ3v) is 4.71. The van der Waals surface area contributed by atoms with Gasteiger partial charge < -0.3 is 10.6 Å². The number of guanidine groups is 1. The molecule has 1 aromatic carbocycles. The second-order valence-corrected chi connectivity index (χ2v) is 6.66. The Hall–Kier alpha value is -1.83. The lowest BCUT2D eigenvalue weighted by atomic mass is 9.97. The first-order chi connectivity index (χ1) is 12.8. The minimum Gasteiger partial charge on any atom is -0.356 e. The number of rotatable bonds is 7. The predicted octanol–water partition coefficient (Wildman–Crippen LogP) is 4.09. The maximum atomic E-state index is 4.44. The summed E-state index contributed by atoms with van der Waals surface area (Å²) in [6, 6.07) is 10.2. The fourth-order valence-electron chi connectivity index (χ4n) is 3.23. The largest absolute Gasteiger partial charge is 0.356 e. The monoisotopic (exact) mass is 479 g/mol. The van der Waals surface area contributed by atoms with Crippen molar-refractivity contribution >= 4 is 29.9 Å². The third kappa shape index (κ3) is 7.01. The van der Waals surface area contributed by atoms with E-state index in [0.717, 1.165) is 37.6 Å².